The van der Waals surface area contributed by atoms with E-state index in [4.69, 9.17) is 14.5 Å². The van der Waals surface area contributed by atoms with Crippen LogP contribution in [0.1, 0.15) is 149 Å². The minimum atomic E-state index is -4.07. The molecule has 332 valence electrons. The quantitative estimate of drug-likeness (QED) is 0.314. The molecule has 4 bridgehead atoms. The Labute approximate surface area is 354 Å². The zero-order valence-corrected chi connectivity index (χ0v) is 37.6. The first kappa shape index (κ1) is 45.1. The van der Waals surface area contributed by atoms with Crippen LogP contribution in [0.25, 0.3) is 11.0 Å². The van der Waals surface area contributed by atoms with Crippen LogP contribution in [0.2, 0.25) is 0 Å². The first-order valence-corrected chi connectivity index (χ1v) is 23.2. The number of amides is 5. The van der Waals surface area contributed by atoms with E-state index in [0.717, 1.165) is 25.7 Å². The van der Waals surface area contributed by atoms with E-state index in [1.807, 2.05) is 31.4 Å². The van der Waals surface area contributed by atoms with Crippen molar-refractivity contribution in [3.05, 3.63) is 23.8 Å². The van der Waals surface area contributed by atoms with Crippen LogP contribution in [0.5, 0.6) is 6.01 Å². The zero-order chi connectivity index (χ0) is 44.0. The summed E-state index contributed by atoms with van der Waals surface area (Å²) in [4.78, 5) is 76.4. The molecule has 2 aromatic rings. The number of para-hydroxylation sites is 1. The number of carbonyl (C=O) groups excluding carboxylic acids is 5. The van der Waals surface area contributed by atoms with Gasteiger partial charge in [-0.25, -0.2) is 13.2 Å². The summed E-state index contributed by atoms with van der Waals surface area (Å²) in [5.74, 6) is -2.56. The maximum atomic E-state index is 14.8. The second-order valence-corrected chi connectivity index (χ2v) is 21.7. The minimum absolute atomic E-state index is 0.00851. The van der Waals surface area contributed by atoms with E-state index in [1.54, 1.807) is 53.7 Å². The van der Waals surface area contributed by atoms with Crippen LogP contribution in [0, 0.1) is 11.3 Å². The number of sulfonamides is 1. The van der Waals surface area contributed by atoms with Crippen LogP contribution in [-0.2, 0) is 29.1 Å². The smallest absolute Gasteiger partial charge is 0.408 e. The van der Waals surface area contributed by atoms with E-state index >= 15 is 0 Å². The summed E-state index contributed by atoms with van der Waals surface area (Å²) >= 11 is 0. The number of likely N-dealkylation sites (tertiary alicyclic amines) is 1. The lowest BCUT2D eigenvalue weighted by Crippen LogP contribution is -2.60. The Morgan fingerprint density at radius 2 is 1.70 bits per heavy atom. The second kappa shape index (κ2) is 16.8. The van der Waals surface area contributed by atoms with E-state index in [9.17, 15) is 32.4 Å². The first-order chi connectivity index (χ1) is 28.0. The van der Waals surface area contributed by atoms with Gasteiger partial charge in [-0.15, -0.1) is 0 Å². The topological polar surface area (TPSA) is 207 Å². The molecule has 0 radical (unpaired) electrons. The predicted molar refractivity (Wildman–Crippen MR) is 226 cm³/mol. The number of fused-ring (bicyclic) bond motifs is 3. The summed E-state index contributed by atoms with van der Waals surface area (Å²) in [6.45, 7) is 16.7. The van der Waals surface area contributed by atoms with Crippen LogP contribution < -0.4 is 25.4 Å². The minimum Gasteiger partial charge on any atom is -0.459 e. The molecule has 5 amide bonds. The highest BCUT2D eigenvalue weighted by Gasteiger charge is 2.64. The number of hydrogen-bond donors (Lipinski definition) is 4. The third-order valence-corrected chi connectivity index (χ3v) is 14.6. The van der Waals surface area contributed by atoms with Gasteiger partial charge >= 0.3 is 6.09 Å². The monoisotopic (exact) mass is 855 g/mol. The predicted octanol–water partition coefficient (Wildman–Crippen LogP) is 5.25. The molecular formula is C43H65N7O9S. The average molecular weight is 856 g/mol. The molecule has 1 aromatic carbocycles. The summed E-state index contributed by atoms with van der Waals surface area (Å²) in [6, 6.07) is 3.12. The fourth-order valence-electron chi connectivity index (χ4n) is 8.75. The van der Waals surface area contributed by atoms with Gasteiger partial charge in [0.05, 0.1) is 22.4 Å². The number of carbonyl (C=O) groups is 5. The highest BCUT2D eigenvalue weighted by Crippen LogP contribution is 2.50. The summed E-state index contributed by atoms with van der Waals surface area (Å²) in [7, 11) is -4.07. The number of nitrogens with one attached hydrogen (secondary N) is 4. The van der Waals surface area contributed by atoms with Gasteiger partial charge in [0, 0.05) is 19.0 Å². The van der Waals surface area contributed by atoms with Crippen molar-refractivity contribution in [3.8, 4) is 6.01 Å². The molecule has 17 heteroatoms. The van der Waals surface area contributed by atoms with E-state index in [2.05, 4.69) is 20.7 Å². The number of rotatable bonds is 4. The molecule has 2 saturated carbocycles. The van der Waals surface area contributed by atoms with Crippen molar-refractivity contribution in [2.45, 2.75) is 173 Å². The normalized spacial score (nSPS) is 26.8. The maximum absolute atomic E-state index is 14.8. The van der Waals surface area contributed by atoms with Crippen molar-refractivity contribution >= 4 is 50.8 Å². The first-order valence-electron chi connectivity index (χ1n) is 21.7. The van der Waals surface area contributed by atoms with Crippen molar-refractivity contribution in [2.24, 2.45) is 11.3 Å². The number of hydrogen-bond acceptors (Lipinski definition) is 10. The van der Waals surface area contributed by atoms with E-state index < -0.39 is 73.3 Å². The van der Waals surface area contributed by atoms with Crippen molar-refractivity contribution < 1.29 is 41.9 Å². The Morgan fingerprint density at radius 1 is 1.02 bits per heavy atom. The number of benzene rings is 1. The molecule has 2 spiro atoms. The van der Waals surface area contributed by atoms with Crippen molar-refractivity contribution in [1.82, 2.24) is 35.1 Å². The maximum Gasteiger partial charge on any atom is 0.408 e. The Bertz CT molecular complexity index is 2100. The summed E-state index contributed by atoms with van der Waals surface area (Å²) in [6.07, 6.45) is 4.45. The highest BCUT2D eigenvalue weighted by atomic mass is 32.2. The Hall–Kier alpha value is -4.41. The largest absolute Gasteiger partial charge is 0.459 e. The van der Waals surface area contributed by atoms with Gasteiger partial charge in [-0.05, 0) is 90.2 Å². The zero-order valence-electron chi connectivity index (χ0n) is 36.7. The molecule has 3 heterocycles. The van der Waals surface area contributed by atoms with Crippen LogP contribution in [0.4, 0.5) is 4.79 Å². The summed E-state index contributed by atoms with van der Waals surface area (Å²) in [5, 5.41) is 8.68. The van der Waals surface area contributed by atoms with Gasteiger partial charge in [-0.1, -0.05) is 65.9 Å². The molecule has 0 unspecified atom stereocenters. The van der Waals surface area contributed by atoms with E-state index in [-0.39, 0.29) is 43.3 Å². The van der Waals surface area contributed by atoms with Crippen LogP contribution >= 0.6 is 0 Å². The number of aromatic nitrogens is 2. The lowest BCUT2D eigenvalue weighted by molar-refractivity contribution is -0.143. The van der Waals surface area contributed by atoms with Crippen molar-refractivity contribution in [1.29, 1.82) is 0 Å². The SMILES string of the molecule is CC[C@@H]1C[C@@]12NC(=O)[C@@H]1C[C@H](CN1C(=O)[C@@H](NC(=O)OC(C)(C)C)C(C)(C)C)Oc1nc3c(cccc3n1C(C)C)C(=O)NCCCCCCCC1(CC1)S(=O)(=O)NC2=O. The molecule has 2 aliphatic carbocycles. The third-order valence-electron chi connectivity index (χ3n) is 12.4. The van der Waals surface area contributed by atoms with Crippen LogP contribution in [0.15, 0.2) is 18.2 Å². The molecule has 16 nitrogen and oxygen atoms in total. The molecule has 2 aliphatic heterocycles. The van der Waals surface area contributed by atoms with E-state index in [0.29, 0.717) is 55.2 Å². The van der Waals surface area contributed by atoms with Gasteiger partial charge in [0.15, 0.2) is 0 Å². The molecule has 5 atom stereocenters. The fourth-order valence-corrected chi connectivity index (χ4v) is 10.4. The molecule has 60 heavy (non-hydrogen) atoms. The molecule has 4 aliphatic rings. The molecular weight excluding hydrogens is 791 g/mol. The molecule has 6 rings (SSSR count). The number of ether oxygens (including phenoxy) is 2. The van der Waals surface area contributed by atoms with Crippen molar-refractivity contribution in [2.75, 3.05) is 13.1 Å². The van der Waals surface area contributed by atoms with Gasteiger partial charge in [0.25, 0.3) is 17.8 Å². The Morgan fingerprint density at radius 3 is 2.32 bits per heavy atom. The van der Waals surface area contributed by atoms with Gasteiger partial charge in [-0.3, -0.25) is 28.5 Å². The third kappa shape index (κ3) is 9.40. The van der Waals surface area contributed by atoms with Crippen molar-refractivity contribution in [3.63, 3.8) is 0 Å². The standard InChI is InChI=1S/C43H65N7O9S/c1-10-27-24-43(27)37(54)48-60(56,57)42(20-21-42)19-14-12-11-13-15-22-44-34(51)29-17-16-18-30-32(29)45-38(50(30)26(2)3)58-28-23-31(35(52)47-43)49(25-28)36(53)33(40(4,5)6)46-39(55)59-41(7,8)9/h16-18,26-28,31,33H,10-15,19-25H2,1-9H3,(H,44,51)(H,46,55)(H,47,52)(H,48,54)/t27-,28-,31+,33-,43-/m1/s1. The highest BCUT2D eigenvalue weighted by molar-refractivity contribution is 7.91. The summed E-state index contributed by atoms with van der Waals surface area (Å²) < 4.78 is 43.0. The lowest BCUT2D eigenvalue weighted by Gasteiger charge is -2.36. The fraction of sp³-hybridized carbons (Fsp3) is 0.721. The molecule has 1 saturated heterocycles. The molecule has 4 N–H and O–H groups in total. The van der Waals surface area contributed by atoms with Gasteiger partial charge in [0.2, 0.25) is 21.8 Å². The number of nitrogens with zero attached hydrogens (tertiary/aromatic N) is 3. The number of imidazole rings is 1. The second-order valence-electron chi connectivity index (χ2n) is 19.6. The summed E-state index contributed by atoms with van der Waals surface area (Å²) in [5.41, 5.74) is -1.64. The number of alkyl carbamates (subject to hydrolysis) is 1. The van der Waals surface area contributed by atoms with Gasteiger partial charge < -0.3 is 30.3 Å². The van der Waals surface area contributed by atoms with Gasteiger partial charge in [0.1, 0.15) is 34.8 Å². The van der Waals surface area contributed by atoms with E-state index in [1.165, 1.54) is 4.90 Å². The molecule has 1 aromatic heterocycles. The lowest BCUT2D eigenvalue weighted by atomic mass is 9.85. The van der Waals surface area contributed by atoms with Crippen LogP contribution in [-0.4, -0.2) is 99.8 Å². The van der Waals surface area contributed by atoms with Gasteiger partial charge in [-0.2, -0.15) is 4.98 Å². The van der Waals surface area contributed by atoms with Crippen LogP contribution in [0.3, 0.4) is 0 Å². The Kier molecular flexibility index (Phi) is 12.6. The Balaban J connectivity index is 1.38. The average Bonchev–Trinajstić information content (AvgIpc) is 4.00. The molecule has 3 fully saturated rings.